The first-order chi connectivity index (χ1) is 7.42. The third kappa shape index (κ3) is 4.37. The molecule has 5 nitrogen and oxygen atoms in total. The van der Waals surface area contributed by atoms with Crippen LogP contribution in [-0.2, 0) is 4.74 Å². The van der Waals surface area contributed by atoms with Gasteiger partial charge in [0.2, 0.25) is 0 Å². The lowest BCUT2D eigenvalue weighted by molar-refractivity contribution is 0.0142. The number of hydrogen-bond donors (Lipinski definition) is 2. The van der Waals surface area contributed by atoms with Gasteiger partial charge in [0.25, 0.3) is 0 Å². The summed E-state index contributed by atoms with van der Waals surface area (Å²) in [5.41, 5.74) is 1.72. The van der Waals surface area contributed by atoms with E-state index in [2.05, 4.69) is 5.48 Å². The second kappa shape index (κ2) is 5.50. The fraction of sp³-hybridized carbons (Fsp3) is 0.909. The Labute approximate surface area is 96.7 Å². The molecule has 0 radical (unpaired) electrons. The molecular weight excluding hydrogens is 208 g/mol. The van der Waals surface area contributed by atoms with Crippen molar-refractivity contribution in [2.45, 2.75) is 39.2 Å². The molecule has 1 atom stereocenters. The van der Waals surface area contributed by atoms with Gasteiger partial charge in [0.05, 0.1) is 0 Å². The van der Waals surface area contributed by atoms with Crippen LogP contribution in [0.4, 0.5) is 4.79 Å². The molecule has 0 aromatic rings. The third-order valence-electron chi connectivity index (χ3n) is 2.55. The lowest BCUT2D eigenvalue weighted by Gasteiger charge is -2.33. The summed E-state index contributed by atoms with van der Waals surface area (Å²) >= 11 is 0. The zero-order valence-corrected chi connectivity index (χ0v) is 10.3. The molecule has 2 N–H and O–H groups in total. The Balaban J connectivity index is 2.44. The monoisotopic (exact) mass is 230 g/mol. The molecule has 0 aromatic carbocycles. The van der Waals surface area contributed by atoms with Gasteiger partial charge in [-0.15, -0.1) is 0 Å². The van der Waals surface area contributed by atoms with Crippen molar-refractivity contribution < 1.29 is 14.7 Å². The number of ether oxygens (including phenoxy) is 1. The van der Waals surface area contributed by atoms with Crippen LogP contribution in [0, 0.1) is 5.92 Å². The van der Waals surface area contributed by atoms with Gasteiger partial charge in [-0.3, -0.25) is 0 Å². The zero-order valence-electron chi connectivity index (χ0n) is 10.3. The molecule has 1 fully saturated rings. The molecular formula is C11H22N2O3. The van der Waals surface area contributed by atoms with Crippen molar-refractivity contribution in [3.05, 3.63) is 0 Å². The average Bonchev–Trinajstić information content (AvgIpc) is 2.16. The predicted octanol–water partition coefficient (Wildman–Crippen LogP) is 1.61. The first-order valence-electron chi connectivity index (χ1n) is 5.77. The molecule has 5 heteroatoms. The van der Waals surface area contributed by atoms with E-state index in [9.17, 15) is 4.79 Å². The Kier molecular flexibility index (Phi) is 4.56. The smallest absolute Gasteiger partial charge is 0.410 e. The molecule has 0 bridgehead atoms. The van der Waals surface area contributed by atoms with Crippen molar-refractivity contribution in [3.8, 4) is 0 Å². The molecule has 0 spiro atoms. The molecule has 1 aliphatic heterocycles. The summed E-state index contributed by atoms with van der Waals surface area (Å²) in [5.74, 6) is 0.311. The van der Waals surface area contributed by atoms with E-state index < -0.39 is 5.60 Å². The molecule has 0 aromatic heterocycles. The normalized spacial score (nSPS) is 22.0. The second-order valence-electron chi connectivity index (χ2n) is 5.30. The fourth-order valence-electron chi connectivity index (χ4n) is 1.85. The van der Waals surface area contributed by atoms with E-state index >= 15 is 0 Å². The van der Waals surface area contributed by atoms with Crippen LogP contribution in [0.5, 0.6) is 0 Å². The van der Waals surface area contributed by atoms with Gasteiger partial charge in [-0.1, -0.05) is 0 Å². The summed E-state index contributed by atoms with van der Waals surface area (Å²) in [6, 6.07) is 0. The first-order valence-corrected chi connectivity index (χ1v) is 5.77. The molecule has 1 saturated heterocycles. The number of piperidine rings is 1. The number of likely N-dealkylation sites (tertiary alicyclic amines) is 1. The Morgan fingerprint density at radius 3 is 2.81 bits per heavy atom. The van der Waals surface area contributed by atoms with E-state index in [1.807, 2.05) is 20.8 Å². The number of nitrogens with zero attached hydrogens (tertiary/aromatic N) is 1. The standard InChI is InChI=1S/C11H22N2O3/c1-11(2,3)16-10(14)13-6-4-5-9(8-13)7-12-15/h9,12,15H,4-8H2,1-3H3. The van der Waals surface area contributed by atoms with E-state index in [1.165, 1.54) is 0 Å². The highest BCUT2D eigenvalue weighted by Gasteiger charge is 2.27. The number of amides is 1. The van der Waals surface area contributed by atoms with Gasteiger partial charge in [-0.2, -0.15) is 0 Å². The summed E-state index contributed by atoms with van der Waals surface area (Å²) in [6.45, 7) is 7.52. The summed E-state index contributed by atoms with van der Waals surface area (Å²) in [7, 11) is 0. The van der Waals surface area contributed by atoms with Crippen LogP contribution in [0.2, 0.25) is 0 Å². The molecule has 1 aliphatic rings. The molecule has 0 saturated carbocycles. The molecule has 1 heterocycles. The third-order valence-corrected chi connectivity index (χ3v) is 2.55. The largest absolute Gasteiger partial charge is 0.444 e. The van der Waals surface area contributed by atoms with Gasteiger partial charge in [0, 0.05) is 19.6 Å². The van der Waals surface area contributed by atoms with Gasteiger partial charge in [-0.05, 0) is 39.5 Å². The van der Waals surface area contributed by atoms with Crippen LogP contribution in [0.15, 0.2) is 0 Å². The number of hydroxylamine groups is 1. The van der Waals surface area contributed by atoms with Crippen molar-refractivity contribution in [2.24, 2.45) is 5.92 Å². The maximum absolute atomic E-state index is 11.8. The van der Waals surface area contributed by atoms with Crippen LogP contribution in [0.25, 0.3) is 0 Å². The Morgan fingerprint density at radius 1 is 1.56 bits per heavy atom. The van der Waals surface area contributed by atoms with E-state index in [1.54, 1.807) is 4.90 Å². The minimum absolute atomic E-state index is 0.255. The zero-order chi connectivity index (χ0) is 12.2. The van der Waals surface area contributed by atoms with E-state index in [0.717, 1.165) is 19.4 Å². The lowest BCUT2D eigenvalue weighted by Crippen LogP contribution is -2.44. The van der Waals surface area contributed by atoms with Crippen LogP contribution in [0.1, 0.15) is 33.6 Å². The number of carbonyl (C=O) groups is 1. The molecule has 1 amide bonds. The maximum Gasteiger partial charge on any atom is 0.410 e. The van der Waals surface area contributed by atoms with Crippen LogP contribution < -0.4 is 5.48 Å². The molecule has 1 rings (SSSR count). The van der Waals surface area contributed by atoms with Crippen molar-refractivity contribution in [1.29, 1.82) is 0 Å². The van der Waals surface area contributed by atoms with Gasteiger partial charge in [-0.25, -0.2) is 10.3 Å². The minimum atomic E-state index is -0.445. The highest BCUT2D eigenvalue weighted by Crippen LogP contribution is 2.18. The fourth-order valence-corrected chi connectivity index (χ4v) is 1.85. The quantitative estimate of drug-likeness (QED) is 0.707. The summed E-state index contributed by atoms with van der Waals surface area (Å²) < 4.78 is 5.31. The van der Waals surface area contributed by atoms with Gasteiger partial charge in [0.1, 0.15) is 5.60 Å². The topological polar surface area (TPSA) is 61.8 Å². The molecule has 94 valence electrons. The Bertz CT molecular complexity index is 236. The minimum Gasteiger partial charge on any atom is -0.444 e. The van der Waals surface area contributed by atoms with E-state index in [-0.39, 0.29) is 6.09 Å². The van der Waals surface area contributed by atoms with Crippen molar-refractivity contribution in [1.82, 2.24) is 10.4 Å². The molecule has 16 heavy (non-hydrogen) atoms. The summed E-state index contributed by atoms with van der Waals surface area (Å²) in [6.07, 6.45) is 1.74. The SMILES string of the molecule is CC(C)(C)OC(=O)N1CCCC(CNO)C1. The van der Waals surface area contributed by atoms with E-state index in [4.69, 9.17) is 9.94 Å². The van der Waals surface area contributed by atoms with Crippen molar-refractivity contribution in [2.75, 3.05) is 19.6 Å². The number of carbonyl (C=O) groups excluding carboxylic acids is 1. The highest BCUT2D eigenvalue weighted by atomic mass is 16.6. The maximum atomic E-state index is 11.8. The lowest BCUT2D eigenvalue weighted by atomic mass is 9.99. The Hall–Kier alpha value is -0.810. The van der Waals surface area contributed by atoms with Crippen LogP contribution in [0.3, 0.4) is 0 Å². The molecule has 1 unspecified atom stereocenters. The number of rotatable bonds is 2. The number of nitrogens with one attached hydrogen (secondary N) is 1. The Morgan fingerprint density at radius 2 is 2.25 bits per heavy atom. The van der Waals surface area contributed by atoms with Crippen LogP contribution in [-0.4, -0.2) is 41.4 Å². The van der Waals surface area contributed by atoms with Crippen molar-refractivity contribution in [3.63, 3.8) is 0 Å². The summed E-state index contributed by atoms with van der Waals surface area (Å²) in [5, 5.41) is 8.65. The predicted molar refractivity (Wildman–Crippen MR) is 60.3 cm³/mol. The van der Waals surface area contributed by atoms with Crippen molar-refractivity contribution >= 4 is 6.09 Å². The van der Waals surface area contributed by atoms with Gasteiger partial charge in [0.15, 0.2) is 0 Å². The summed E-state index contributed by atoms with van der Waals surface area (Å²) in [4.78, 5) is 13.5. The highest BCUT2D eigenvalue weighted by molar-refractivity contribution is 5.68. The molecule has 0 aliphatic carbocycles. The second-order valence-corrected chi connectivity index (χ2v) is 5.30. The van der Waals surface area contributed by atoms with Crippen LogP contribution >= 0.6 is 0 Å². The average molecular weight is 230 g/mol. The van der Waals surface area contributed by atoms with E-state index in [0.29, 0.717) is 19.0 Å². The number of hydrogen-bond acceptors (Lipinski definition) is 4. The van der Waals surface area contributed by atoms with Gasteiger partial charge < -0.3 is 14.8 Å². The van der Waals surface area contributed by atoms with Gasteiger partial charge >= 0.3 is 6.09 Å². The first kappa shape index (κ1) is 13.3.